The third-order valence-electron chi connectivity index (χ3n) is 4.19. The molecule has 0 aliphatic heterocycles. The fraction of sp³-hybridized carbons (Fsp3) is 0.929. The van der Waals surface area contributed by atoms with E-state index in [-0.39, 0.29) is 11.9 Å². The molecule has 3 N–H and O–H groups in total. The molecule has 2 atom stereocenters. The molecular formula is C14H29N3O2. The Balaban J connectivity index is 2.25. The highest BCUT2D eigenvalue weighted by Crippen LogP contribution is 2.28. The Kier molecular flexibility index (Phi) is 6.23. The van der Waals surface area contributed by atoms with Crippen LogP contribution in [0.4, 0.5) is 0 Å². The normalized spacial score (nSPS) is 20.3. The topological polar surface area (TPSA) is 67.6 Å². The second-order valence-corrected chi connectivity index (χ2v) is 6.00. The van der Waals surface area contributed by atoms with Crippen molar-refractivity contribution < 1.29 is 9.53 Å². The van der Waals surface area contributed by atoms with E-state index in [1.54, 1.807) is 7.05 Å². The van der Waals surface area contributed by atoms with Crippen molar-refractivity contribution in [2.75, 3.05) is 33.9 Å². The van der Waals surface area contributed by atoms with Crippen LogP contribution in [-0.4, -0.2) is 56.2 Å². The van der Waals surface area contributed by atoms with Gasteiger partial charge in [-0.1, -0.05) is 0 Å². The van der Waals surface area contributed by atoms with Gasteiger partial charge in [0.2, 0.25) is 5.91 Å². The van der Waals surface area contributed by atoms with E-state index in [0.717, 1.165) is 25.7 Å². The van der Waals surface area contributed by atoms with Crippen LogP contribution in [0, 0.1) is 5.92 Å². The fourth-order valence-corrected chi connectivity index (χ4v) is 2.04. The SMILES string of the molecule is CNC(C)(CC(C)N(C)CCOCC1CC1)C(N)=O. The largest absolute Gasteiger partial charge is 0.380 e. The van der Waals surface area contributed by atoms with Crippen LogP contribution in [-0.2, 0) is 9.53 Å². The Morgan fingerprint density at radius 2 is 2.21 bits per heavy atom. The molecule has 0 aromatic heterocycles. The predicted octanol–water partition coefficient (Wildman–Crippen LogP) is 0.587. The van der Waals surface area contributed by atoms with E-state index in [4.69, 9.17) is 10.5 Å². The standard InChI is InChI=1S/C14H29N3O2/c1-11(9-14(2,16-3)13(15)18)17(4)7-8-19-10-12-5-6-12/h11-12,16H,5-10H2,1-4H3,(H2,15,18). The summed E-state index contributed by atoms with van der Waals surface area (Å²) in [7, 11) is 3.83. The molecule has 1 aliphatic carbocycles. The van der Waals surface area contributed by atoms with Crippen LogP contribution in [0.5, 0.6) is 0 Å². The quantitative estimate of drug-likeness (QED) is 0.571. The van der Waals surface area contributed by atoms with Crippen molar-refractivity contribution in [1.82, 2.24) is 10.2 Å². The second kappa shape index (κ2) is 7.22. The van der Waals surface area contributed by atoms with E-state index < -0.39 is 5.54 Å². The third-order valence-corrected chi connectivity index (χ3v) is 4.19. The van der Waals surface area contributed by atoms with E-state index in [1.807, 2.05) is 6.92 Å². The van der Waals surface area contributed by atoms with E-state index in [1.165, 1.54) is 12.8 Å². The van der Waals surface area contributed by atoms with Gasteiger partial charge in [-0.15, -0.1) is 0 Å². The lowest BCUT2D eigenvalue weighted by Gasteiger charge is -2.33. The van der Waals surface area contributed by atoms with Gasteiger partial charge < -0.3 is 20.7 Å². The number of hydrogen-bond acceptors (Lipinski definition) is 4. The molecule has 1 saturated carbocycles. The van der Waals surface area contributed by atoms with Crippen molar-refractivity contribution in [1.29, 1.82) is 0 Å². The van der Waals surface area contributed by atoms with Crippen LogP contribution in [0.1, 0.15) is 33.1 Å². The Morgan fingerprint density at radius 1 is 1.58 bits per heavy atom. The molecule has 5 heteroatoms. The Bertz CT molecular complexity index is 294. The Morgan fingerprint density at radius 3 is 2.68 bits per heavy atom. The van der Waals surface area contributed by atoms with Crippen molar-refractivity contribution in [2.45, 2.75) is 44.7 Å². The molecule has 0 bridgehead atoms. The number of likely N-dealkylation sites (N-methyl/N-ethyl adjacent to an activating group) is 2. The lowest BCUT2D eigenvalue weighted by atomic mass is 9.92. The zero-order valence-electron chi connectivity index (χ0n) is 12.7. The number of amides is 1. The first kappa shape index (κ1) is 16.4. The number of hydrogen-bond donors (Lipinski definition) is 2. The van der Waals surface area contributed by atoms with Crippen LogP contribution in [0.15, 0.2) is 0 Å². The number of carbonyl (C=O) groups is 1. The van der Waals surface area contributed by atoms with Crippen LogP contribution < -0.4 is 11.1 Å². The van der Waals surface area contributed by atoms with Crippen molar-refractivity contribution in [3.8, 4) is 0 Å². The first-order chi connectivity index (χ1) is 8.89. The minimum Gasteiger partial charge on any atom is -0.380 e. The van der Waals surface area contributed by atoms with Crippen LogP contribution in [0.25, 0.3) is 0 Å². The second-order valence-electron chi connectivity index (χ2n) is 6.00. The summed E-state index contributed by atoms with van der Waals surface area (Å²) in [5.41, 5.74) is 4.80. The summed E-state index contributed by atoms with van der Waals surface area (Å²) in [6.07, 6.45) is 3.34. The van der Waals surface area contributed by atoms with Crippen molar-refractivity contribution in [2.24, 2.45) is 11.7 Å². The molecule has 112 valence electrons. The minimum atomic E-state index is -0.650. The molecule has 5 nitrogen and oxygen atoms in total. The van der Waals surface area contributed by atoms with Crippen LogP contribution in [0.2, 0.25) is 0 Å². The summed E-state index contributed by atoms with van der Waals surface area (Å²) >= 11 is 0. The Hall–Kier alpha value is -0.650. The van der Waals surface area contributed by atoms with Crippen molar-refractivity contribution in [3.05, 3.63) is 0 Å². The number of ether oxygens (including phenoxy) is 1. The van der Waals surface area contributed by atoms with Gasteiger partial charge in [-0.2, -0.15) is 0 Å². The molecule has 1 rings (SSSR count). The molecule has 0 saturated heterocycles. The summed E-state index contributed by atoms with van der Waals surface area (Å²) in [4.78, 5) is 13.7. The maximum Gasteiger partial charge on any atom is 0.237 e. The summed E-state index contributed by atoms with van der Waals surface area (Å²) in [6.45, 7) is 6.50. The predicted molar refractivity (Wildman–Crippen MR) is 76.9 cm³/mol. The maximum absolute atomic E-state index is 11.5. The maximum atomic E-state index is 11.5. The molecule has 19 heavy (non-hydrogen) atoms. The zero-order chi connectivity index (χ0) is 14.5. The van der Waals surface area contributed by atoms with Gasteiger partial charge in [0.25, 0.3) is 0 Å². The highest BCUT2D eigenvalue weighted by Gasteiger charge is 2.32. The molecular weight excluding hydrogens is 242 g/mol. The molecule has 0 spiro atoms. The summed E-state index contributed by atoms with van der Waals surface area (Å²) < 4.78 is 5.63. The molecule has 1 fully saturated rings. The third kappa shape index (κ3) is 5.47. The summed E-state index contributed by atoms with van der Waals surface area (Å²) in [6, 6.07) is 0.273. The molecule has 2 unspecified atom stereocenters. The first-order valence-electron chi connectivity index (χ1n) is 7.16. The van der Waals surface area contributed by atoms with Gasteiger partial charge in [-0.25, -0.2) is 0 Å². The number of nitrogens with one attached hydrogen (secondary N) is 1. The summed E-state index contributed by atoms with van der Waals surface area (Å²) in [5.74, 6) is 0.505. The van der Waals surface area contributed by atoms with E-state index in [9.17, 15) is 4.79 Å². The lowest BCUT2D eigenvalue weighted by Crippen LogP contribution is -2.54. The van der Waals surface area contributed by atoms with Gasteiger partial charge in [0.1, 0.15) is 0 Å². The molecule has 0 heterocycles. The highest BCUT2D eigenvalue weighted by molar-refractivity contribution is 5.84. The summed E-state index contributed by atoms with van der Waals surface area (Å²) in [5, 5.41) is 3.02. The van der Waals surface area contributed by atoms with Crippen LogP contribution in [0.3, 0.4) is 0 Å². The molecule has 0 aromatic rings. The van der Waals surface area contributed by atoms with E-state index in [2.05, 4.69) is 24.2 Å². The molecule has 0 aromatic carbocycles. The average molecular weight is 271 g/mol. The van der Waals surface area contributed by atoms with E-state index in [0.29, 0.717) is 6.42 Å². The van der Waals surface area contributed by atoms with E-state index >= 15 is 0 Å². The fourth-order valence-electron chi connectivity index (χ4n) is 2.04. The van der Waals surface area contributed by atoms with Crippen molar-refractivity contribution >= 4 is 5.91 Å². The van der Waals surface area contributed by atoms with Gasteiger partial charge in [0, 0.05) is 19.2 Å². The Labute approximate surface area is 116 Å². The number of nitrogens with two attached hydrogens (primary N) is 1. The highest BCUT2D eigenvalue weighted by atomic mass is 16.5. The van der Waals surface area contributed by atoms with Crippen LogP contribution >= 0.6 is 0 Å². The number of rotatable bonds is 10. The zero-order valence-corrected chi connectivity index (χ0v) is 12.7. The van der Waals surface area contributed by atoms with Gasteiger partial charge in [0.05, 0.1) is 12.1 Å². The lowest BCUT2D eigenvalue weighted by molar-refractivity contribution is -0.124. The van der Waals surface area contributed by atoms with Gasteiger partial charge >= 0.3 is 0 Å². The molecule has 1 amide bonds. The van der Waals surface area contributed by atoms with Gasteiger partial charge in [-0.3, -0.25) is 4.79 Å². The first-order valence-corrected chi connectivity index (χ1v) is 7.16. The monoisotopic (exact) mass is 271 g/mol. The average Bonchev–Trinajstić information content (AvgIpc) is 3.17. The van der Waals surface area contributed by atoms with Gasteiger partial charge in [0.15, 0.2) is 0 Å². The smallest absolute Gasteiger partial charge is 0.237 e. The molecule has 1 aliphatic rings. The van der Waals surface area contributed by atoms with Crippen molar-refractivity contribution in [3.63, 3.8) is 0 Å². The number of primary amides is 1. The van der Waals surface area contributed by atoms with Gasteiger partial charge in [-0.05, 0) is 53.1 Å². The molecule has 0 radical (unpaired) electrons. The number of nitrogens with zero attached hydrogens (tertiary/aromatic N) is 1. The minimum absolute atomic E-state index is 0.273. The number of carbonyl (C=O) groups excluding carboxylic acids is 1.